The molecule has 1 amide bonds. The molecule has 2 heterocycles. The van der Waals surface area contributed by atoms with E-state index in [4.69, 9.17) is 18.6 Å². The molecule has 0 fully saturated rings. The molecule has 0 spiro atoms. The molecule has 11 nitrogen and oxygen atoms in total. The van der Waals surface area contributed by atoms with Gasteiger partial charge < -0.3 is 33.7 Å². The number of nitrogens with one attached hydrogen (secondary N) is 2. The fourth-order valence-electron chi connectivity index (χ4n) is 3.26. The van der Waals surface area contributed by atoms with Crippen LogP contribution in [0.4, 0.5) is 11.6 Å². The standard InChI is InChI=1S/C26H36N6O5/c1-16-10-11-17(26(2,3)4)14-19(16)37-25-28-18(15-36-25)21(33)29-20-22(34-8)30-24(31-23(20)35-9)27-12-13-32(5,6)7/h10-11,14-15H,12-13H2,1-9H3,(H-,27,29,30,31,33)/p+1. The zero-order valence-corrected chi connectivity index (χ0v) is 23.1. The molecule has 1 aromatic carbocycles. The van der Waals surface area contributed by atoms with Crippen molar-refractivity contribution in [3.05, 3.63) is 41.3 Å². The second-order valence-electron chi connectivity index (χ2n) is 10.7. The van der Waals surface area contributed by atoms with E-state index >= 15 is 0 Å². The normalized spacial score (nSPS) is 11.7. The van der Waals surface area contributed by atoms with Crippen molar-refractivity contribution in [1.29, 1.82) is 0 Å². The minimum atomic E-state index is -0.565. The van der Waals surface area contributed by atoms with Gasteiger partial charge in [0.25, 0.3) is 5.91 Å². The second-order valence-corrected chi connectivity index (χ2v) is 10.7. The monoisotopic (exact) mass is 513 g/mol. The SMILES string of the molecule is COc1nc(NCC[N+](C)(C)C)nc(OC)c1NC(=O)c1coc(Oc2cc(C(C)(C)C)ccc2C)n1. The van der Waals surface area contributed by atoms with Crippen LogP contribution in [-0.2, 0) is 5.41 Å². The van der Waals surface area contributed by atoms with Gasteiger partial charge in [0.2, 0.25) is 17.7 Å². The van der Waals surface area contributed by atoms with E-state index in [1.807, 2.05) is 19.1 Å². The van der Waals surface area contributed by atoms with Gasteiger partial charge in [-0.2, -0.15) is 15.0 Å². The Hall–Kier alpha value is -3.86. The number of aryl methyl sites for hydroxylation is 1. The zero-order valence-electron chi connectivity index (χ0n) is 23.1. The number of nitrogens with zero attached hydrogens (tertiary/aromatic N) is 4. The number of rotatable bonds is 10. The van der Waals surface area contributed by atoms with Crippen molar-refractivity contribution in [3.63, 3.8) is 0 Å². The molecular formula is C26H37N6O5+. The predicted octanol–water partition coefficient (Wildman–Crippen LogP) is 4.25. The van der Waals surface area contributed by atoms with E-state index in [0.29, 0.717) is 18.2 Å². The number of oxazole rings is 1. The molecule has 0 radical (unpaired) electrons. The van der Waals surface area contributed by atoms with Crippen molar-refractivity contribution < 1.29 is 27.9 Å². The number of anilines is 2. The average Bonchev–Trinajstić information content (AvgIpc) is 3.28. The van der Waals surface area contributed by atoms with Crippen molar-refractivity contribution in [2.45, 2.75) is 33.1 Å². The summed E-state index contributed by atoms with van der Waals surface area (Å²) in [7, 11) is 9.17. The minimum absolute atomic E-state index is 0.00822. The van der Waals surface area contributed by atoms with E-state index in [0.717, 1.165) is 22.2 Å². The molecule has 0 atom stereocenters. The number of aromatic nitrogens is 3. The topological polar surface area (TPSA) is 121 Å². The highest BCUT2D eigenvalue weighted by atomic mass is 16.6. The lowest BCUT2D eigenvalue weighted by molar-refractivity contribution is -0.868. The highest BCUT2D eigenvalue weighted by Gasteiger charge is 2.23. The summed E-state index contributed by atoms with van der Waals surface area (Å²) in [5.41, 5.74) is 2.15. The molecule has 200 valence electrons. The molecular weight excluding hydrogens is 476 g/mol. The molecule has 0 saturated carbocycles. The second kappa shape index (κ2) is 11.0. The fourth-order valence-corrected chi connectivity index (χ4v) is 3.26. The van der Waals surface area contributed by atoms with Gasteiger partial charge in [-0.3, -0.25) is 4.79 Å². The molecule has 0 unspecified atom stereocenters. The van der Waals surface area contributed by atoms with Gasteiger partial charge >= 0.3 is 6.08 Å². The number of benzene rings is 1. The molecule has 0 aliphatic carbocycles. The molecule has 3 aromatic rings. The molecule has 2 N–H and O–H groups in total. The van der Waals surface area contributed by atoms with Crippen molar-refractivity contribution >= 4 is 17.5 Å². The lowest BCUT2D eigenvalue weighted by atomic mass is 9.86. The van der Waals surface area contributed by atoms with Gasteiger partial charge in [-0.25, -0.2) is 0 Å². The Kier molecular flexibility index (Phi) is 8.27. The molecule has 0 aliphatic heterocycles. The maximum Gasteiger partial charge on any atom is 0.399 e. The van der Waals surface area contributed by atoms with E-state index in [1.54, 1.807) is 0 Å². The Labute approximate surface area is 217 Å². The van der Waals surface area contributed by atoms with Gasteiger partial charge in [-0.1, -0.05) is 32.9 Å². The predicted molar refractivity (Wildman–Crippen MR) is 141 cm³/mol. The Morgan fingerprint density at radius 1 is 1.05 bits per heavy atom. The lowest BCUT2D eigenvalue weighted by Gasteiger charge is -2.23. The highest BCUT2D eigenvalue weighted by molar-refractivity contribution is 6.04. The maximum atomic E-state index is 13.0. The number of carbonyl (C=O) groups excluding carboxylic acids is 1. The molecule has 3 rings (SSSR count). The van der Waals surface area contributed by atoms with Gasteiger partial charge in [0.05, 0.1) is 48.5 Å². The quantitative estimate of drug-likeness (QED) is 0.383. The Morgan fingerprint density at radius 2 is 1.70 bits per heavy atom. The zero-order chi connectivity index (χ0) is 27.4. The van der Waals surface area contributed by atoms with Crippen LogP contribution < -0.4 is 24.8 Å². The van der Waals surface area contributed by atoms with Crippen LogP contribution in [0.3, 0.4) is 0 Å². The first-order valence-electron chi connectivity index (χ1n) is 11.9. The van der Waals surface area contributed by atoms with E-state index in [9.17, 15) is 4.79 Å². The third-order valence-corrected chi connectivity index (χ3v) is 5.50. The number of amides is 1. The molecule has 0 bridgehead atoms. The van der Waals surface area contributed by atoms with Gasteiger partial charge in [-0.05, 0) is 29.5 Å². The maximum absolute atomic E-state index is 13.0. The smallest absolute Gasteiger partial charge is 0.399 e. The lowest BCUT2D eigenvalue weighted by Crippen LogP contribution is -2.38. The van der Waals surface area contributed by atoms with Crippen molar-refractivity contribution in [2.24, 2.45) is 0 Å². The first kappa shape index (κ1) is 27.7. The third-order valence-electron chi connectivity index (χ3n) is 5.50. The fraction of sp³-hybridized carbons (Fsp3) is 0.462. The van der Waals surface area contributed by atoms with Gasteiger partial charge in [-0.15, -0.1) is 0 Å². The number of methoxy groups -OCH3 is 2. The number of hydrogen-bond acceptors (Lipinski definition) is 9. The summed E-state index contributed by atoms with van der Waals surface area (Å²) >= 11 is 0. The number of hydrogen-bond donors (Lipinski definition) is 2. The summed E-state index contributed by atoms with van der Waals surface area (Å²) in [4.78, 5) is 25.9. The van der Waals surface area contributed by atoms with Gasteiger partial charge in [0, 0.05) is 0 Å². The summed E-state index contributed by atoms with van der Waals surface area (Å²) in [6, 6.07) is 5.98. The van der Waals surface area contributed by atoms with Gasteiger partial charge in [0.15, 0.2) is 11.4 Å². The van der Waals surface area contributed by atoms with E-state index in [2.05, 4.69) is 73.6 Å². The van der Waals surface area contributed by atoms with E-state index < -0.39 is 5.91 Å². The summed E-state index contributed by atoms with van der Waals surface area (Å²) in [5.74, 6) is 0.645. The number of ether oxygens (including phenoxy) is 3. The highest BCUT2D eigenvalue weighted by Crippen LogP contribution is 2.34. The van der Waals surface area contributed by atoms with Crippen LogP contribution in [0.2, 0.25) is 0 Å². The molecule has 0 saturated heterocycles. The van der Waals surface area contributed by atoms with Crippen LogP contribution in [-0.4, -0.2) is 73.8 Å². The number of likely N-dealkylation sites (N-methyl/N-ethyl adjacent to an activating group) is 1. The Bertz CT molecular complexity index is 1220. The summed E-state index contributed by atoms with van der Waals surface area (Å²) in [6.07, 6.45) is 1.17. The molecule has 2 aromatic heterocycles. The molecule has 11 heteroatoms. The molecule has 37 heavy (non-hydrogen) atoms. The first-order chi connectivity index (χ1) is 17.3. The summed E-state index contributed by atoms with van der Waals surface area (Å²) in [6.45, 7) is 9.78. The number of quaternary nitrogens is 1. The van der Waals surface area contributed by atoms with E-state index in [-0.39, 0.29) is 34.6 Å². The summed E-state index contributed by atoms with van der Waals surface area (Å²) < 4.78 is 22.8. The molecule has 0 aliphatic rings. The first-order valence-corrected chi connectivity index (χ1v) is 11.9. The van der Waals surface area contributed by atoms with Crippen LogP contribution in [0.5, 0.6) is 23.6 Å². The average molecular weight is 514 g/mol. The van der Waals surface area contributed by atoms with Crippen LogP contribution in [0.25, 0.3) is 0 Å². The minimum Gasteiger partial charge on any atom is -0.479 e. The Morgan fingerprint density at radius 3 is 2.27 bits per heavy atom. The van der Waals surface area contributed by atoms with Crippen LogP contribution in [0, 0.1) is 6.92 Å². The third kappa shape index (κ3) is 7.32. The van der Waals surface area contributed by atoms with Crippen LogP contribution >= 0.6 is 0 Å². The van der Waals surface area contributed by atoms with E-state index in [1.165, 1.54) is 20.5 Å². The van der Waals surface area contributed by atoms with Crippen molar-refractivity contribution in [2.75, 3.05) is 59.1 Å². The van der Waals surface area contributed by atoms with Crippen LogP contribution in [0.1, 0.15) is 42.4 Å². The van der Waals surface area contributed by atoms with Crippen molar-refractivity contribution in [3.8, 4) is 23.6 Å². The Balaban J connectivity index is 1.77. The largest absolute Gasteiger partial charge is 0.479 e. The summed E-state index contributed by atoms with van der Waals surface area (Å²) in [5, 5.41) is 5.85. The van der Waals surface area contributed by atoms with Crippen LogP contribution in [0.15, 0.2) is 28.9 Å². The number of carbonyl (C=O) groups is 1. The van der Waals surface area contributed by atoms with Crippen molar-refractivity contribution in [1.82, 2.24) is 15.0 Å². The van der Waals surface area contributed by atoms with Gasteiger partial charge in [0.1, 0.15) is 12.0 Å².